The van der Waals surface area contributed by atoms with Crippen molar-refractivity contribution in [3.8, 4) is 0 Å². The molecule has 0 aromatic heterocycles. The molecule has 9 nitrogen and oxygen atoms in total. The molecule has 0 fully saturated rings. The van der Waals surface area contributed by atoms with Crippen molar-refractivity contribution < 1.29 is 19.3 Å². The number of carbonyl (C=O) groups is 3. The maximum atomic E-state index is 12.0. The minimum Gasteiger partial charge on any atom is -0.303 e. The number of non-ortho nitro benzene ring substituents is 1. The lowest BCUT2D eigenvalue weighted by atomic mass is 10.0. The van der Waals surface area contributed by atoms with E-state index in [4.69, 9.17) is 0 Å². The summed E-state index contributed by atoms with van der Waals surface area (Å²) in [6, 6.07) is 4.15. The summed E-state index contributed by atoms with van der Waals surface area (Å²) in [5.41, 5.74) is 5.35. The topological polar surface area (TPSA) is 122 Å². The van der Waals surface area contributed by atoms with Crippen molar-refractivity contribution in [2.45, 2.75) is 19.8 Å². The van der Waals surface area contributed by atoms with Crippen LogP contribution in [0.1, 0.15) is 18.9 Å². The van der Waals surface area contributed by atoms with E-state index in [1.807, 2.05) is 0 Å². The summed E-state index contributed by atoms with van der Waals surface area (Å²) in [5.74, 6) is -1.25. The van der Waals surface area contributed by atoms with Crippen molar-refractivity contribution in [2.24, 2.45) is 0 Å². The van der Waals surface area contributed by atoms with Gasteiger partial charge in [0.1, 0.15) is 6.54 Å². The summed E-state index contributed by atoms with van der Waals surface area (Å²) in [6.45, 7) is 0.963. The molecular weight excluding hydrogens is 292 g/mol. The van der Waals surface area contributed by atoms with Crippen LogP contribution in [0, 0.1) is 10.1 Å². The first-order valence-electron chi connectivity index (χ1n) is 6.51. The highest BCUT2D eigenvalue weighted by molar-refractivity contribution is 6.01. The van der Waals surface area contributed by atoms with Crippen LogP contribution in [0.3, 0.4) is 0 Å². The molecular formula is C13H14N4O5. The summed E-state index contributed by atoms with van der Waals surface area (Å²) in [4.78, 5) is 45.9. The molecule has 1 aliphatic rings. The third-order valence-electron chi connectivity index (χ3n) is 3.15. The highest BCUT2D eigenvalue weighted by atomic mass is 16.6. The molecule has 0 bridgehead atoms. The van der Waals surface area contributed by atoms with Gasteiger partial charge in [-0.05, 0) is 18.1 Å². The van der Waals surface area contributed by atoms with E-state index in [1.165, 1.54) is 30.0 Å². The SMILES string of the molecule is CC(=O)NNC(=O)CN1C(=O)CCc2cc([N+](=O)[O-])ccc21. The van der Waals surface area contributed by atoms with Gasteiger partial charge in [-0.3, -0.25) is 35.3 Å². The maximum absolute atomic E-state index is 12.0. The molecule has 0 spiro atoms. The number of carbonyl (C=O) groups excluding carboxylic acids is 3. The Morgan fingerprint density at radius 2 is 2.05 bits per heavy atom. The number of aryl methyl sites for hydroxylation is 1. The number of nitrogens with zero attached hydrogens (tertiary/aromatic N) is 2. The van der Waals surface area contributed by atoms with Gasteiger partial charge in [0.05, 0.1) is 4.92 Å². The highest BCUT2D eigenvalue weighted by Gasteiger charge is 2.27. The van der Waals surface area contributed by atoms with Gasteiger partial charge in [0.25, 0.3) is 11.6 Å². The molecule has 3 amide bonds. The number of rotatable bonds is 3. The molecule has 0 atom stereocenters. The summed E-state index contributed by atoms with van der Waals surface area (Å²) >= 11 is 0. The smallest absolute Gasteiger partial charge is 0.269 e. The fraction of sp³-hybridized carbons (Fsp3) is 0.308. The van der Waals surface area contributed by atoms with Crippen LogP contribution < -0.4 is 15.8 Å². The zero-order valence-electron chi connectivity index (χ0n) is 11.8. The van der Waals surface area contributed by atoms with E-state index in [2.05, 4.69) is 10.9 Å². The summed E-state index contributed by atoms with van der Waals surface area (Å²) in [6.07, 6.45) is 0.557. The lowest BCUT2D eigenvalue weighted by Gasteiger charge is -2.28. The lowest BCUT2D eigenvalue weighted by Crippen LogP contribution is -2.48. The first kappa shape index (κ1) is 15.4. The molecule has 2 rings (SSSR count). The molecule has 0 unspecified atom stereocenters. The van der Waals surface area contributed by atoms with Gasteiger partial charge in [-0.25, -0.2) is 0 Å². The summed E-state index contributed by atoms with van der Waals surface area (Å²) in [7, 11) is 0. The fourth-order valence-corrected chi connectivity index (χ4v) is 2.17. The minimum atomic E-state index is -0.560. The molecule has 0 saturated heterocycles. The molecule has 9 heteroatoms. The normalized spacial score (nSPS) is 13.3. The molecule has 1 aliphatic heterocycles. The summed E-state index contributed by atoms with van der Waals surface area (Å²) in [5, 5.41) is 10.8. The first-order valence-corrected chi connectivity index (χ1v) is 6.51. The molecule has 0 aliphatic carbocycles. The second-order valence-electron chi connectivity index (χ2n) is 4.78. The maximum Gasteiger partial charge on any atom is 0.269 e. The van der Waals surface area contributed by atoms with Crippen LogP contribution >= 0.6 is 0 Å². The number of amides is 3. The molecule has 2 N–H and O–H groups in total. The number of hydrazine groups is 1. The first-order chi connectivity index (χ1) is 10.4. The van der Waals surface area contributed by atoms with Gasteiger partial charge in [-0.15, -0.1) is 0 Å². The molecule has 1 aromatic carbocycles. The average Bonchev–Trinajstić information content (AvgIpc) is 2.47. The number of nitro groups is 1. The van der Waals surface area contributed by atoms with Gasteiger partial charge in [-0.2, -0.15) is 0 Å². The Bertz CT molecular complexity index is 658. The molecule has 1 aromatic rings. The third kappa shape index (κ3) is 3.37. The Morgan fingerprint density at radius 1 is 1.32 bits per heavy atom. The van der Waals surface area contributed by atoms with Crippen LogP contribution in [0.2, 0.25) is 0 Å². The Kier molecular flexibility index (Phi) is 4.35. The Hall–Kier alpha value is -2.97. The molecule has 0 saturated carbocycles. The van der Waals surface area contributed by atoms with Crippen molar-refractivity contribution in [1.29, 1.82) is 0 Å². The van der Waals surface area contributed by atoms with Gasteiger partial charge in [-0.1, -0.05) is 0 Å². The number of nitro benzene ring substituents is 1. The Labute approximate surface area is 125 Å². The zero-order valence-corrected chi connectivity index (χ0v) is 11.8. The van der Waals surface area contributed by atoms with E-state index in [9.17, 15) is 24.5 Å². The van der Waals surface area contributed by atoms with Crippen LogP contribution in [0.15, 0.2) is 18.2 Å². The van der Waals surface area contributed by atoms with Gasteiger partial charge < -0.3 is 4.90 Å². The van der Waals surface area contributed by atoms with Gasteiger partial charge in [0, 0.05) is 31.2 Å². The van der Waals surface area contributed by atoms with E-state index >= 15 is 0 Å². The monoisotopic (exact) mass is 306 g/mol. The second-order valence-corrected chi connectivity index (χ2v) is 4.78. The molecule has 116 valence electrons. The van der Waals surface area contributed by atoms with Crippen molar-refractivity contribution in [1.82, 2.24) is 10.9 Å². The Balaban J connectivity index is 2.19. The van der Waals surface area contributed by atoms with Crippen LogP contribution in [-0.2, 0) is 20.8 Å². The second kappa shape index (κ2) is 6.20. The van der Waals surface area contributed by atoms with E-state index < -0.39 is 16.7 Å². The third-order valence-corrected chi connectivity index (χ3v) is 3.15. The minimum absolute atomic E-state index is 0.0595. The highest BCUT2D eigenvalue weighted by Crippen LogP contribution is 2.30. The predicted molar refractivity (Wildman–Crippen MR) is 75.7 cm³/mol. The van der Waals surface area contributed by atoms with Crippen molar-refractivity contribution in [3.63, 3.8) is 0 Å². The number of hydrogen-bond acceptors (Lipinski definition) is 5. The largest absolute Gasteiger partial charge is 0.303 e. The van der Waals surface area contributed by atoms with Crippen molar-refractivity contribution in [3.05, 3.63) is 33.9 Å². The van der Waals surface area contributed by atoms with Crippen molar-refractivity contribution >= 4 is 29.1 Å². The van der Waals surface area contributed by atoms with Crippen LogP contribution in [0.4, 0.5) is 11.4 Å². The molecule has 0 radical (unpaired) electrons. The summed E-state index contributed by atoms with van der Waals surface area (Å²) < 4.78 is 0. The standard InChI is InChI=1S/C13H14N4O5/c1-8(18)14-15-12(19)7-16-11-4-3-10(17(21)22)6-9(11)2-5-13(16)20/h3-4,6H,2,5,7H2,1H3,(H,14,18)(H,15,19). The number of anilines is 1. The lowest BCUT2D eigenvalue weighted by molar-refractivity contribution is -0.384. The number of hydrogen-bond donors (Lipinski definition) is 2. The van der Waals surface area contributed by atoms with Gasteiger partial charge in [0.2, 0.25) is 11.8 Å². The van der Waals surface area contributed by atoms with E-state index in [0.717, 1.165) is 0 Å². The van der Waals surface area contributed by atoms with Crippen LogP contribution in [-0.4, -0.2) is 29.2 Å². The van der Waals surface area contributed by atoms with Crippen LogP contribution in [0.25, 0.3) is 0 Å². The number of nitrogens with one attached hydrogen (secondary N) is 2. The number of benzene rings is 1. The predicted octanol–water partition coefficient (Wildman–Crippen LogP) is 0.0413. The molecule has 22 heavy (non-hydrogen) atoms. The van der Waals surface area contributed by atoms with Crippen LogP contribution in [0.5, 0.6) is 0 Å². The van der Waals surface area contributed by atoms with Crippen molar-refractivity contribution in [2.75, 3.05) is 11.4 Å². The molecule has 1 heterocycles. The number of fused-ring (bicyclic) bond motifs is 1. The van der Waals surface area contributed by atoms with E-state index in [1.54, 1.807) is 0 Å². The average molecular weight is 306 g/mol. The van der Waals surface area contributed by atoms with E-state index in [0.29, 0.717) is 17.7 Å². The zero-order chi connectivity index (χ0) is 16.3. The van der Waals surface area contributed by atoms with Gasteiger partial charge >= 0.3 is 0 Å². The van der Waals surface area contributed by atoms with E-state index in [-0.39, 0.29) is 24.6 Å². The quantitative estimate of drug-likeness (QED) is 0.603. The Morgan fingerprint density at radius 3 is 2.68 bits per heavy atom. The fourth-order valence-electron chi connectivity index (χ4n) is 2.17. The van der Waals surface area contributed by atoms with Gasteiger partial charge in [0.15, 0.2) is 0 Å².